The minimum atomic E-state index is -1.02. The van der Waals surface area contributed by atoms with Crippen molar-refractivity contribution in [2.24, 2.45) is 23.7 Å². The Bertz CT molecular complexity index is 2970. The monoisotopic (exact) mass is 1000 g/mol. The Morgan fingerprint density at radius 3 is 1.36 bits per heavy atom. The Kier molecular flexibility index (Phi) is 14.0. The number of ether oxygens (including phenoxy) is 6. The van der Waals surface area contributed by atoms with Crippen molar-refractivity contribution in [3.63, 3.8) is 0 Å². The summed E-state index contributed by atoms with van der Waals surface area (Å²) in [5, 5.41) is 5.64. The number of aryl methyl sites for hydroxylation is 6. The lowest BCUT2D eigenvalue weighted by Crippen LogP contribution is -2.46. The first kappa shape index (κ1) is 52.1. The summed E-state index contributed by atoms with van der Waals surface area (Å²) in [6.45, 7) is 24.3. The fraction of sp³-hybridized carbons (Fsp3) is 0.419. The maximum absolute atomic E-state index is 14.3. The molecule has 0 saturated carbocycles. The number of carbonyl (C=O) groups is 4. The molecule has 2 fully saturated rings. The highest BCUT2D eigenvalue weighted by atomic mass is 16.6. The molecule has 8 atom stereocenters. The molecule has 2 amide bonds. The van der Waals surface area contributed by atoms with Gasteiger partial charge >= 0.3 is 12.2 Å². The Balaban J connectivity index is 0.000000182. The SMILES string of the molecule is Cc1cc(C)c(C2=C(OCc3ccccc3)[C@H]3[C@@H](C2=O)[C@@H]2C=C[C@@]3(COC(=O)NC(C)(C)C)O2)c(C)c1.Cc1cc(C)c(C2=C(OCc3ccccc3)[C@H]3[C@@H]4C=C[C@@](COC(=O)NC(C)(C)C)(O4)[C@H]3C2=O)c(C)c1. The lowest BCUT2D eigenvalue weighted by atomic mass is 9.76. The van der Waals surface area contributed by atoms with Gasteiger partial charge < -0.3 is 39.1 Å². The third-order valence-electron chi connectivity index (χ3n) is 14.6. The molecule has 4 bridgehead atoms. The first-order valence-corrected chi connectivity index (χ1v) is 25.7. The van der Waals surface area contributed by atoms with Gasteiger partial charge in [-0.15, -0.1) is 0 Å². The van der Waals surface area contributed by atoms with Gasteiger partial charge in [0.15, 0.2) is 11.6 Å². The van der Waals surface area contributed by atoms with Crippen LogP contribution in [-0.2, 0) is 51.2 Å². The van der Waals surface area contributed by atoms with Crippen molar-refractivity contribution < 1.29 is 47.6 Å². The van der Waals surface area contributed by atoms with Crippen LogP contribution >= 0.6 is 0 Å². The van der Waals surface area contributed by atoms with Gasteiger partial charge in [-0.2, -0.15) is 0 Å². The molecule has 4 aromatic carbocycles. The number of fused-ring (bicyclic) bond motifs is 10. The summed E-state index contributed by atoms with van der Waals surface area (Å²) in [6.07, 6.45) is 5.99. The normalized spacial score (nSPS) is 26.0. The summed E-state index contributed by atoms with van der Waals surface area (Å²) in [5.74, 6) is -0.286. The Morgan fingerprint density at radius 2 is 0.932 bits per heavy atom. The summed E-state index contributed by atoms with van der Waals surface area (Å²) in [4.78, 5) is 53.3. The summed E-state index contributed by atoms with van der Waals surface area (Å²) < 4.78 is 37.1. The zero-order valence-corrected chi connectivity index (χ0v) is 44.8. The minimum Gasteiger partial charge on any atom is -0.492 e. The molecule has 74 heavy (non-hydrogen) atoms. The molecule has 4 heterocycles. The van der Waals surface area contributed by atoms with E-state index in [1.165, 1.54) is 0 Å². The van der Waals surface area contributed by atoms with Crippen LogP contribution in [0.15, 0.2) is 121 Å². The average molecular weight is 1000 g/mol. The Hall–Kier alpha value is -6.76. The van der Waals surface area contributed by atoms with Crippen molar-refractivity contribution in [3.8, 4) is 0 Å². The molecule has 12 nitrogen and oxygen atoms in total. The molecule has 0 radical (unpaired) electrons. The van der Waals surface area contributed by atoms with Crippen LogP contribution in [-0.4, -0.2) is 71.5 Å². The molecular formula is C62H70N2O10. The number of hydrogen-bond acceptors (Lipinski definition) is 10. The standard InChI is InChI=1S/2C31H35NO5/c1-18-14-19(2)23(20(3)15-18)25-27(33)26-24(28(25)35-16-21-10-8-7-9-11-21)22-12-13-31(26,37-22)17-36-29(34)32-30(4,5)6;1-18-14-19(2)23(20(3)15-18)25-27(33)24-22-12-13-31(37-22,17-36-29(34)32-30(4,5)6)26(24)28(25)35-16-21-10-8-7-9-11-21/h2*7-15,22,24,26H,16-17H2,1-6H3,(H,32,34)/t2*22-,24-,26+,31-/m00/s1. The zero-order chi connectivity index (χ0) is 53.1. The van der Waals surface area contributed by atoms with Crippen molar-refractivity contribution in [1.29, 1.82) is 0 Å². The number of alkyl carbamates (subject to hydrolysis) is 2. The van der Waals surface area contributed by atoms with Gasteiger partial charge in [0.25, 0.3) is 0 Å². The molecule has 6 aliphatic rings. The van der Waals surface area contributed by atoms with Crippen molar-refractivity contribution in [2.75, 3.05) is 13.2 Å². The number of hydrogen-bond donors (Lipinski definition) is 2. The van der Waals surface area contributed by atoms with E-state index in [4.69, 9.17) is 28.4 Å². The van der Waals surface area contributed by atoms with E-state index in [2.05, 4.69) is 48.7 Å². The van der Waals surface area contributed by atoms with Crippen molar-refractivity contribution in [1.82, 2.24) is 10.6 Å². The van der Waals surface area contributed by atoms with Crippen molar-refractivity contribution in [2.45, 2.75) is 131 Å². The predicted molar refractivity (Wildman–Crippen MR) is 284 cm³/mol. The van der Waals surface area contributed by atoms with Crippen LogP contribution in [0.1, 0.15) is 97.2 Å². The van der Waals surface area contributed by atoms with Crippen LogP contribution < -0.4 is 10.6 Å². The molecular weight excluding hydrogens is 933 g/mol. The fourth-order valence-electron chi connectivity index (χ4n) is 12.0. The molecule has 0 unspecified atom stereocenters. The number of carbonyl (C=O) groups excluding carboxylic acids is 4. The molecule has 0 aromatic heterocycles. The number of allylic oxidation sites excluding steroid dienone is 2. The number of nitrogens with one attached hydrogen (secondary N) is 2. The van der Waals surface area contributed by atoms with Gasteiger partial charge in [0.1, 0.15) is 49.1 Å². The largest absolute Gasteiger partial charge is 0.492 e. The van der Waals surface area contributed by atoms with Crippen LogP contribution in [0.3, 0.4) is 0 Å². The molecule has 2 aliphatic carbocycles. The number of benzene rings is 4. The number of ketones is 2. The summed E-state index contributed by atoms with van der Waals surface area (Å²) in [7, 11) is 0. The predicted octanol–water partition coefficient (Wildman–Crippen LogP) is 11.2. The molecule has 12 heteroatoms. The molecule has 4 aliphatic heterocycles. The maximum Gasteiger partial charge on any atom is 0.407 e. The van der Waals surface area contributed by atoms with Gasteiger partial charge in [-0.25, -0.2) is 9.59 Å². The van der Waals surface area contributed by atoms with Gasteiger partial charge in [-0.1, -0.05) is 120 Å². The summed E-state index contributed by atoms with van der Waals surface area (Å²) in [5.41, 5.74) is 8.76. The molecule has 0 spiro atoms. The van der Waals surface area contributed by atoms with Crippen LogP contribution in [0.4, 0.5) is 9.59 Å². The lowest BCUT2D eigenvalue weighted by Gasteiger charge is -2.31. The second-order valence-electron chi connectivity index (χ2n) is 23.0. The first-order chi connectivity index (χ1) is 35.0. The quantitative estimate of drug-likeness (QED) is 0.131. The highest BCUT2D eigenvalue weighted by Crippen LogP contribution is 2.59. The smallest absolute Gasteiger partial charge is 0.407 e. The highest BCUT2D eigenvalue weighted by Gasteiger charge is 2.67. The Labute approximate surface area is 435 Å². The van der Waals surface area contributed by atoms with Gasteiger partial charge in [0.05, 0.1) is 47.0 Å². The highest BCUT2D eigenvalue weighted by molar-refractivity contribution is 6.27. The van der Waals surface area contributed by atoms with E-state index in [1.54, 1.807) is 0 Å². The number of amides is 2. The minimum absolute atomic E-state index is 0.00625. The Morgan fingerprint density at radius 1 is 0.541 bits per heavy atom. The van der Waals surface area contributed by atoms with Crippen LogP contribution in [0.2, 0.25) is 0 Å². The topological polar surface area (TPSA) is 148 Å². The van der Waals surface area contributed by atoms with E-state index in [-0.39, 0.29) is 48.8 Å². The van der Waals surface area contributed by atoms with E-state index in [0.29, 0.717) is 35.9 Å². The zero-order valence-electron chi connectivity index (χ0n) is 44.8. The molecule has 2 saturated heterocycles. The molecule has 388 valence electrons. The van der Waals surface area contributed by atoms with Gasteiger partial charge in [0.2, 0.25) is 0 Å². The van der Waals surface area contributed by atoms with E-state index in [9.17, 15) is 19.2 Å². The third-order valence-corrected chi connectivity index (χ3v) is 14.6. The summed E-state index contributed by atoms with van der Waals surface area (Å²) >= 11 is 0. The fourth-order valence-corrected chi connectivity index (χ4v) is 12.0. The molecule has 4 aromatic rings. The van der Waals surface area contributed by atoms with Gasteiger partial charge in [-0.05, 0) is 128 Å². The van der Waals surface area contributed by atoms with Gasteiger partial charge in [-0.3, -0.25) is 9.59 Å². The van der Waals surface area contributed by atoms with E-state index in [0.717, 1.165) is 55.6 Å². The lowest BCUT2D eigenvalue weighted by molar-refractivity contribution is -0.122. The third kappa shape index (κ3) is 10.1. The molecule has 10 rings (SSSR count). The van der Waals surface area contributed by atoms with E-state index >= 15 is 0 Å². The van der Waals surface area contributed by atoms with Crippen LogP contribution in [0, 0.1) is 65.2 Å². The van der Waals surface area contributed by atoms with Crippen molar-refractivity contribution in [3.05, 3.63) is 176 Å². The second kappa shape index (κ2) is 19.8. The van der Waals surface area contributed by atoms with Crippen LogP contribution in [0.5, 0.6) is 0 Å². The van der Waals surface area contributed by atoms with Crippen LogP contribution in [0.25, 0.3) is 11.1 Å². The first-order valence-electron chi connectivity index (χ1n) is 25.7. The average Bonchev–Trinajstić information content (AvgIpc) is 4.17. The van der Waals surface area contributed by atoms with E-state index < -0.39 is 46.3 Å². The number of rotatable bonds is 12. The van der Waals surface area contributed by atoms with Gasteiger partial charge in [0, 0.05) is 11.1 Å². The second-order valence-corrected chi connectivity index (χ2v) is 23.0. The maximum atomic E-state index is 14.3. The number of Topliss-reactive ketones (excluding diaryl/α,β-unsaturated/α-hetero) is 2. The van der Waals surface area contributed by atoms with Crippen molar-refractivity contribution >= 4 is 34.9 Å². The molecule has 2 N–H and O–H groups in total. The summed E-state index contributed by atoms with van der Waals surface area (Å²) in [6, 6.07) is 28.3. The van der Waals surface area contributed by atoms with E-state index in [1.807, 2.05) is 154 Å².